The fourth-order valence-corrected chi connectivity index (χ4v) is 2.51. The fraction of sp³-hybridized carbons (Fsp3) is 0.667. The molecule has 0 saturated heterocycles. The summed E-state index contributed by atoms with van der Waals surface area (Å²) < 4.78 is 0. The van der Waals surface area contributed by atoms with Crippen LogP contribution in [-0.4, -0.2) is 31.1 Å². The molecule has 0 amide bonds. The molecule has 0 radical (unpaired) electrons. The molecule has 3 N–H and O–H groups in total. The standard InChI is InChI=1S/C15H28N4S/c1-6-16-14(17-8-9-19-15(3,4)5)18-11-13-12(2)7-10-20-13/h7,10,19H,6,8-9,11H2,1-5H3,(H2,16,17,18). The topological polar surface area (TPSA) is 48.5 Å². The lowest BCUT2D eigenvalue weighted by atomic mass is 10.1. The number of aliphatic imine (C=N–C) groups is 1. The van der Waals surface area contributed by atoms with Gasteiger partial charge in [-0.15, -0.1) is 11.3 Å². The van der Waals surface area contributed by atoms with Crippen LogP contribution in [0.2, 0.25) is 0 Å². The molecule has 20 heavy (non-hydrogen) atoms. The molecule has 0 aromatic carbocycles. The van der Waals surface area contributed by atoms with Crippen LogP contribution in [0.4, 0.5) is 0 Å². The first-order valence-corrected chi connectivity index (χ1v) is 8.10. The van der Waals surface area contributed by atoms with Crippen molar-refractivity contribution in [3.63, 3.8) is 0 Å². The molecule has 0 fully saturated rings. The van der Waals surface area contributed by atoms with E-state index in [1.54, 1.807) is 11.3 Å². The summed E-state index contributed by atoms with van der Waals surface area (Å²) in [6, 6.07) is 2.14. The van der Waals surface area contributed by atoms with Gasteiger partial charge in [0.2, 0.25) is 0 Å². The van der Waals surface area contributed by atoms with Crippen LogP contribution < -0.4 is 16.0 Å². The first kappa shape index (κ1) is 17.0. The van der Waals surface area contributed by atoms with E-state index in [1.165, 1.54) is 10.4 Å². The smallest absolute Gasteiger partial charge is 0.191 e. The summed E-state index contributed by atoms with van der Waals surface area (Å²) in [5.41, 5.74) is 1.48. The van der Waals surface area contributed by atoms with E-state index in [4.69, 9.17) is 0 Å². The molecule has 1 aromatic heterocycles. The van der Waals surface area contributed by atoms with Gasteiger partial charge in [-0.3, -0.25) is 0 Å². The van der Waals surface area contributed by atoms with Crippen LogP contribution in [0.15, 0.2) is 16.4 Å². The Balaban J connectivity index is 2.41. The minimum absolute atomic E-state index is 0.158. The molecule has 5 heteroatoms. The summed E-state index contributed by atoms with van der Waals surface area (Å²) in [6.45, 7) is 14.1. The van der Waals surface area contributed by atoms with Crippen LogP contribution in [0, 0.1) is 6.92 Å². The predicted octanol–water partition coefficient (Wildman–Crippen LogP) is 2.50. The monoisotopic (exact) mass is 296 g/mol. The largest absolute Gasteiger partial charge is 0.357 e. The number of thiophene rings is 1. The van der Waals surface area contributed by atoms with Gasteiger partial charge in [-0.1, -0.05) is 0 Å². The minimum Gasteiger partial charge on any atom is -0.357 e. The molecule has 0 bridgehead atoms. The molecule has 0 aliphatic heterocycles. The van der Waals surface area contributed by atoms with Crippen molar-refractivity contribution in [1.29, 1.82) is 0 Å². The van der Waals surface area contributed by atoms with Crippen LogP contribution in [0.1, 0.15) is 38.1 Å². The number of hydrogen-bond acceptors (Lipinski definition) is 3. The summed E-state index contributed by atoms with van der Waals surface area (Å²) in [5.74, 6) is 0.885. The number of aryl methyl sites for hydroxylation is 1. The van der Waals surface area contributed by atoms with Crippen LogP contribution in [0.3, 0.4) is 0 Å². The van der Waals surface area contributed by atoms with Gasteiger partial charge in [0.05, 0.1) is 6.54 Å². The maximum Gasteiger partial charge on any atom is 0.191 e. The quantitative estimate of drug-likeness (QED) is 0.429. The molecule has 0 unspecified atom stereocenters. The number of nitrogens with one attached hydrogen (secondary N) is 3. The lowest BCUT2D eigenvalue weighted by Gasteiger charge is -2.21. The molecule has 4 nitrogen and oxygen atoms in total. The van der Waals surface area contributed by atoms with Crippen molar-refractivity contribution in [3.05, 3.63) is 21.9 Å². The Hall–Kier alpha value is -1.07. The van der Waals surface area contributed by atoms with E-state index in [0.717, 1.165) is 32.1 Å². The van der Waals surface area contributed by atoms with Gasteiger partial charge in [0.15, 0.2) is 5.96 Å². The molecule has 1 heterocycles. The number of guanidine groups is 1. The number of nitrogens with zero attached hydrogens (tertiary/aromatic N) is 1. The second-order valence-electron chi connectivity index (χ2n) is 5.83. The summed E-state index contributed by atoms with van der Waals surface area (Å²) >= 11 is 1.77. The Morgan fingerprint density at radius 3 is 2.55 bits per heavy atom. The molecule has 0 atom stereocenters. The third-order valence-corrected chi connectivity index (χ3v) is 3.77. The van der Waals surface area contributed by atoms with Gasteiger partial charge < -0.3 is 16.0 Å². The highest BCUT2D eigenvalue weighted by Crippen LogP contribution is 2.16. The number of hydrogen-bond donors (Lipinski definition) is 3. The highest BCUT2D eigenvalue weighted by atomic mass is 32.1. The predicted molar refractivity (Wildman–Crippen MR) is 89.6 cm³/mol. The molecular formula is C15H28N4S. The summed E-state index contributed by atoms with van der Waals surface area (Å²) in [6.07, 6.45) is 0. The lowest BCUT2D eigenvalue weighted by molar-refractivity contribution is 0.428. The molecule has 0 spiro atoms. The number of rotatable bonds is 6. The second kappa shape index (κ2) is 8.27. The molecule has 0 aliphatic carbocycles. The normalized spacial score (nSPS) is 12.6. The maximum absolute atomic E-state index is 4.63. The average Bonchev–Trinajstić information content (AvgIpc) is 2.76. The highest BCUT2D eigenvalue weighted by molar-refractivity contribution is 7.10. The van der Waals surface area contributed by atoms with Gasteiger partial charge >= 0.3 is 0 Å². The van der Waals surface area contributed by atoms with Gasteiger partial charge in [0, 0.05) is 30.1 Å². The first-order valence-electron chi connectivity index (χ1n) is 7.22. The second-order valence-corrected chi connectivity index (χ2v) is 6.83. The molecule has 114 valence electrons. The Kier molecular flexibility index (Phi) is 7.02. The third-order valence-electron chi connectivity index (χ3n) is 2.77. The van der Waals surface area contributed by atoms with E-state index >= 15 is 0 Å². The van der Waals surface area contributed by atoms with Gasteiger partial charge in [-0.05, 0) is 51.6 Å². The van der Waals surface area contributed by atoms with E-state index in [1.807, 2.05) is 0 Å². The van der Waals surface area contributed by atoms with E-state index in [-0.39, 0.29) is 5.54 Å². The Labute approximate surface area is 127 Å². The van der Waals surface area contributed by atoms with E-state index in [2.05, 4.69) is 67.0 Å². The average molecular weight is 296 g/mol. The van der Waals surface area contributed by atoms with Crippen LogP contribution in [0.5, 0.6) is 0 Å². The molecule has 0 aliphatic rings. The minimum atomic E-state index is 0.158. The van der Waals surface area contributed by atoms with E-state index < -0.39 is 0 Å². The Bertz CT molecular complexity index is 418. The highest BCUT2D eigenvalue weighted by Gasteiger charge is 2.07. The van der Waals surface area contributed by atoms with Gasteiger partial charge in [-0.25, -0.2) is 4.99 Å². The van der Waals surface area contributed by atoms with Crippen molar-refractivity contribution in [2.75, 3.05) is 19.6 Å². The van der Waals surface area contributed by atoms with E-state index in [0.29, 0.717) is 0 Å². The van der Waals surface area contributed by atoms with Crippen molar-refractivity contribution in [1.82, 2.24) is 16.0 Å². The SMILES string of the molecule is CCNC(=NCc1sccc1C)NCCNC(C)(C)C. The molecule has 0 saturated carbocycles. The Morgan fingerprint density at radius 2 is 2.00 bits per heavy atom. The Morgan fingerprint density at radius 1 is 1.25 bits per heavy atom. The first-order chi connectivity index (χ1) is 9.42. The zero-order chi connectivity index (χ0) is 15.0. The maximum atomic E-state index is 4.63. The van der Waals surface area contributed by atoms with Gasteiger partial charge in [0.25, 0.3) is 0 Å². The molecule has 1 aromatic rings. The summed E-state index contributed by atoms with van der Waals surface area (Å²) in [5, 5.41) is 12.2. The molecule has 1 rings (SSSR count). The van der Waals surface area contributed by atoms with Crippen molar-refractivity contribution >= 4 is 17.3 Å². The van der Waals surface area contributed by atoms with Crippen LogP contribution >= 0.6 is 11.3 Å². The van der Waals surface area contributed by atoms with Gasteiger partial charge in [-0.2, -0.15) is 0 Å². The zero-order valence-corrected chi connectivity index (χ0v) is 14.2. The molecular weight excluding hydrogens is 268 g/mol. The van der Waals surface area contributed by atoms with Crippen molar-refractivity contribution in [3.8, 4) is 0 Å². The summed E-state index contributed by atoms with van der Waals surface area (Å²) in [4.78, 5) is 5.96. The van der Waals surface area contributed by atoms with Crippen molar-refractivity contribution < 1.29 is 0 Å². The lowest BCUT2D eigenvalue weighted by Crippen LogP contribution is -2.44. The third kappa shape index (κ3) is 6.91. The van der Waals surface area contributed by atoms with Crippen LogP contribution in [0.25, 0.3) is 0 Å². The van der Waals surface area contributed by atoms with Crippen molar-refractivity contribution in [2.24, 2.45) is 4.99 Å². The van der Waals surface area contributed by atoms with Gasteiger partial charge in [0.1, 0.15) is 0 Å². The summed E-state index contributed by atoms with van der Waals surface area (Å²) in [7, 11) is 0. The van der Waals surface area contributed by atoms with E-state index in [9.17, 15) is 0 Å². The zero-order valence-electron chi connectivity index (χ0n) is 13.3. The van der Waals surface area contributed by atoms with Crippen LogP contribution in [-0.2, 0) is 6.54 Å². The van der Waals surface area contributed by atoms with Crippen molar-refractivity contribution in [2.45, 2.75) is 46.7 Å². The fourth-order valence-electron chi connectivity index (χ4n) is 1.68.